The molecule has 1 saturated carbocycles. The van der Waals surface area contributed by atoms with Gasteiger partial charge in [-0.1, -0.05) is 20.8 Å². The number of hydrogen-bond acceptors (Lipinski definition) is 5. The van der Waals surface area contributed by atoms with E-state index in [1.54, 1.807) is 6.92 Å². The molecule has 5 atom stereocenters. The molecule has 2 rings (SSSR count). The molecule has 5 nitrogen and oxygen atoms in total. The van der Waals surface area contributed by atoms with Crippen LogP contribution in [0.15, 0.2) is 11.8 Å². The van der Waals surface area contributed by atoms with Crippen LogP contribution < -0.4 is 0 Å². The van der Waals surface area contributed by atoms with E-state index in [2.05, 4.69) is 33.9 Å². The van der Waals surface area contributed by atoms with Gasteiger partial charge in [0.2, 0.25) is 9.04 Å². The summed E-state index contributed by atoms with van der Waals surface area (Å²) >= 11 is 0. The molecule has 0 bridgehead atoms. The molecule has 1 aliphatic carbocycles. The van der Waals surface area contributed by atoms with E-state index in [9.17, 15) is 9.90 Å². The van der Waals surface area contributed by atoms with Crippen LogP contribution in [0.5, 0.6) is 0 Å². The smallest absolute Gasteiger partial charge is 0.334 e. The molecule has 6 heteroatoms. The van der Waals surface area contributed by atoms with E-state index in [1.807, 2.05) is 0 Å². The minimum Gasteiger partial charge on any atom is -0.494 e. The Kier molecular flexibility index (Phi) is 6.15. The van der Waals surface area contributed by atoms with Gasteiger partial charge < -0.3 is 19.0 Å². The molecule has 1 saturated heterocycles. The van der Waals surface area contributed by atoms with Gasteiger partial charge in [-0.25, -0.2) is 4.79 Å². The lowest BCUT2D eigenvalue weighted by molar-refractivity contribution is -0.137. The van der Waals surface area contributed by atoms with Crippen molar-refractivity contribution in [3.8, 4) is 0 Å². The summed E-state index contributed by atoms with van der Waals surface area (Å²) in [5, 5.41) is 10.6. The molecule has 24 heavy (non-hydrogen) atoms. The fourth-order valence-electron chi connectivity index (χ4n) is 3.90. The first-order valence-electron chi connectivity index (χ1n) is 8.82. The zero-order chi connectivity index (χ0) is 18.1. The van der Waals surface area contributed by atoms with Gasteiger partial charge in [0.1, 0.15) is 11.9 Å². The number of fused-ring (bicyclic) bond motifs is 1. The fourth-order valence-corrected chi connectivity index (χ4v) is 4.92. The summed E-state index contributed by atoms with van der Waals surface area (Å²) in [4.78, 5) is 11.7. The average Bonchev–Trinajstić information content (AvgIpc) is 2.91. The van der Waals surface area contributed by atoms with Crippen molar-refractivity contribution in [2.24, 2.45) is 17.3 Å². The third-order valence-electron chi connectivity index (χ3n) is 4.76. The number of aliphatic hydroxyl groups excluding tert-OH is 1. The summed E-state index contributed by atoms with van der Waals surface area (Å²) in [5.74, 6) is 0.529. The van der Waals surface area contributed by atoms with E-state index in [0.717, 1.165) is 0 Å². The van der Waals surface area contributed by atoms with Crippen LogP contribution in [0.4, 0.5) is 0 Å². The topological polar surface area (TPSA) is 65.0 Å². The number of carbonyl (C=O) groups excluding carboxylic acids is 1. The predicted molar refractivity (Wildman–Crippen MR) is 93.6 cm³/mol. The standard InChI is InChI=1S/C18H31O5Si/c1-7-21-15(20)9-11-8-12-14(22-11)10-13(19)16(12)17(18(2,3)4)23-24(5)6/h9,12-14,16-17,19H,7-8,10H2,1-6H3/t12-,13+,14-,16-,17?/m0/s1. The van der Waals surface area contributed by atoms with E-state index < -0.39 is 15.1 Å². The van der Waals surface area contributed by atoms with E-state index >= 15 is 0 Å². The van der Waals surface area contributed by atoms with Gasteiger partial charge in [0.25, 0.3) is 0 Å². The molecular weight excluding hydrogens is 324 g/mol. The lowest BCUT2D eigenvalue weighted by atomic mass is 9.75. The molecule has 1 radical (unpaired) electrons. The molecule has 2 aliphatic rings. The van der Waals surface area contributed by atoms with Gasteiger partial charge >= 0.3 is 5.97 Å². The molecule has 1 aliphatic heterocycles. The Bertz CT molecular complexity index is 482. The maximum atomic E-state index is 11.7. The largest absolute Gasteiger partial charge is 0.494 e. The molecule has 1 heterocycles. The Hall–Kier alpha value is -0.853. The second-order valence-electron chi connectivity index (χ2n) is 8.08. The van der Waals surface area contributed by atoms with E-state index in [-0.39, 0.29) is 35.4 Å². The third kappa shape index (κ3) is 4.40. The summed E-state index contributed by atoms with van der Waals surface area (Å²) in [5.41, 5.74) is -0.0594. The summed E-state index contributed by atoms with van der Waals surface area (Å²) in [6.07, 6.45) is 2.24. The number of ether oxygens (including phenoxy) is 2. The van der Waals surface area contributed by atoms with Crippen molar-refractivity contribution in [1.82, 2.24) is 0 Å². The number of esters is 1. The van der Waals surface area contributed by atoms with Crippen molar-refractivity contribution < 1.29 is 23.8 Å². The normalized spacial score (nSPS) is 32.8. The molecule has 1 unspecified atom stereocenters. The summed E-state index contributed by atoms with van der Waals surface area (Å²) in [6.45, 7) is 12.9. The minimum absolute atomic E-state index is 0.0167. The molecule has 0 spiro atoms. The number of allylic oxidation sites excluding steroid dienone is 1. The highest BCUT2D eigenvalue weighted by Crippen LogP contribution is 2.49. The van der Waals surface area contributed by atoms with E-state index in [1.165, 1.54) is 6.08 Å². The van der Waals surface area contributed by atoms with Crippen LogP contribution in [-0.2, 0) is 18.7 Å². The van der Waals surface area contributed by atoms with Crippen molar-refractivity contribution in [3.63, 3.8) is 0 Å². The number of hydrogen-bond donors (Lipinski definition) is 1. The van der Waals surface area contributed by atoms with Crippen LogP contribution in [0.3, 0.4) is 0 Å². The quantitative estimate of drug-likeness (QED) is 0.467. The molecule has 2 fully saturated rings. The second kappa shape index (κ2) is 7.58. The van der Waals surface area contributed by atoms with Gasteiger partial charge in [0.15, 0.2) is 0 Å². The highest BCUT2D eigenvalue weighted by molar-refractivity contribution is 6.48. The molecule has 1 N–H and O–H groups in total. The Morgan fingerprint density at radius 3 is 2.67 bits per heavy atom. The van der Waals surface area contributed by atoms with Crippen molar-refractivity contribution in [1.29, 1.82) is 0 Å². The van der Waals surface area contributed by atoms with Crippen LogP contribution in [0.1, 0.15) is 40.5 Å². The first kappa shape index (κ1) is 19.5. The predicted octanol–water partition coefficient (Wildman–Crippen LogP) is 2.90. The van der Waals surface area contributed by atoms with E-state index in [4.69, 9.17) is 13.9 Å². The first-order chi connectivity index (χ1) is 11.1. The van der Waals surface area contributed by atoms with Crippen LogP contribution in [0.2, 0.25) is 13.1 Å². The van der Waals surface area contributed by atoms with E-state index in [0.29, 0.717) is 25.2 Å². The van der Waals surface area contributed by atoms with Crippen LogP contribution in [0, 0.1) is 17.3 Å². The van der Waals surface area contributed by atoms with Gasteiger partial charge in [0.05, 0.1) is 24.9 Å². The van der Waals surface area contributed by atoms with Gasteiger partial charge in [-0.2, -0.15) is 0 Å². The van der Waals surface area contributed by atoms with Gasteiger partial charge in [-0.3, -0.25) is 0 Å². The van der Waals surface area contributed by atoms with Crippen LogP contribution in [-0.4, -0.2) is 45.0 Å². The molecule has 137 valence electrons. The Balaban J connectivity index is 2.17. The minimum atomic E-state index is -0.884. The Morgan fingerprint density at radius 1 is 1.46 bits per heavy atom. The molecule has 0 aromatic heterocycles. The lowest BCUT2D eigenvalue weighted by Crippen LogP contribution is -2.45. The van der Waals surface area contributed by atoms with Gasteiger partial charge in [-0.15, -0.1) is 0 Å². The van der Waals surface area contributed by atoms with Crippen molar-refractivity contribution in [2.75, 3.05) is 6.61 Å². The zero-order valence-corrected chi connectivity index (χ0v) is 16.7. The summed E-state index contributed by atoms with van der Waals surface area (Å²) < 4.78 is 17.2. The maximum Gasteiger partial charge on any atom is 0.334 e. The Morgan fingerprint density at radius 2 is 2.12 bits per heavy atom. The molecule has 0 aromatic rings. The van der Waals surface area contributed by atoms with Gasteiger partial charge in [-0.05, 0) is 25.4 Å². The maximum absolute atomic E-state index is 11.7. The van der Waals surface area contributed by atoms with Crippen molar-refractivity contribution in [3.05, 3.63) is 11.8 Å². The molecular formula is C18H31O5Si. The monoisotopic (exact) mass is 355 g/mol. The lowest BCUT2D eigenvalue weighted by Gasteiger charge is -2.40. The third-order valence-corrected chi connectivity index (χ3v) is 5.49. The van der Waals surface area contributed by atoms with Crippen molar-refractivity contribution >= 4 is 15.0 Å². The van der Waals surface area contributed by atoms with Crippen LogP contribution in [0.25, 0.3) is 0 Å². The number of rotatable bonds is 5. The zero-order valence-electron chi connectivity index (χ0n) is 15.7. The summed E-state index contributed by atoms with van der Waals surface area (Å²) in [7, 11) is -0.884. The Labute approximate surface area is 147 Å². The molecule has 0 aromatic carbocycles. The second-order valence-corrected chi connectivity index (χ2v) is 10.1. The number of aliphatic hydroxyl groups is 1. The molecule has 0 amide bonds. The number of carbonyl (C=O) groups is 1. The SMILES string of the molecule is CCOC(=O)C=C1C[C@@H]2[C@H](C(O[Si](C)C)C(C)(C)C)[C@H](O)C[C@@H]2O1. The van der Waals surface area contributed by atoms with Gasteiger partial charge in [0, 0.05) is 24.7 Å². The average molecular weight is 356 g/mol. The highest BCUT2D eigenvalue weighted by Gasteiger charge is 2.53. The van der Waals surface area contributed by atoms with Crippen LogP contribution >= 0.6 is 0 Å². The van der Waals surface area contributed by atoms with Crippen molar-refractivity contribution in [2.45, 2.75) is 71.9 Å². The first-order valence-corrected chi connectivity index (χ1v) is 11.2. The summed E-state index contributed by atoms with van der Waals surface area (Å²) in [6, 6.07) is 0. The highest BCUT2D eigenvalue weighted by atomic mass is 28.3. The fraction of sp³-hybridized carbons (Fsp3) is 0.833.